The Bertz CT molecular complexity index is 445. The molecule has 19 heavy (non-hydrogen) atoms. The quantitative estimate of drug-likeness (QED) is 0.884. The molecular formula is C16H27N3. The van der Waals surface area contributed by atoms with Gasteiger partial charge in [0.1, 0.15) is 0 Å². The zero-order valence-electron chi connectivity index (χ0n) is 12.4. The third kappa shape index (κ3) is 2.59. The summed E-state index contributed by atoms with van der Waals surface area (Å²) in [5.41, 5.74) is 10.6. The first-order valence-corrected chi connectivity index (χ1v) is 7.89. The molecular weight excluding hydrogens is 234 g/mol. The van der Waals surface area contributed by atoms with E-state index in [9.17, 15) is 0 Å². The number of hydrogen-bond donors (Lipinski definition) is 1. The van der Waals surface area contributed by atoms with Crippen molar-refractivity contribution in [3.8, 4) is 0 Å². The van der Waals surface area contributed by atoms with Gasteiger partial charge in [-0.3, -0.25) is 4.90 Å². The third-order valence-corrected chi connectivity index (χ3v) is 4.86. The maximum Gasteiger partial charge on any atom is 0.0352 e. The Morgan fingerprint density at radius 2 is 2.16 bits per heavy atom. The van der Waals surface area contributed by atoms with E-state index in [1.165, 1.54) is 55.7 Å². The van der Waals surface area contributed by atoms with Gasteiger partial charge in [0.25, 0.3) is 0 Å². The molecule has 0 aliphatic heterocycles. The molecule has 0 spiro atoms. The van der Waals surface area contributed by atoms with Crippen LogP contribution in [0.4, 0.5) is 0 Å². The smallest absolute Gasteiger partial charge is 0.0352 e. The van der Waals surface area contributed by atoms with Gasteiger partial charge in [-0.1, -0.05) is 6.92 Å². The van der Waals surface area contributed by atoms with Crippen LogP contribution in [0.15, 0.2) is 6.07 Å². The van der Waals surface area contributed by atoms with Crippen molar-refractivity contribution in [1.82, 2.24) is 9.47 Å². The van der Waals surface area contributed by atoms with E-state index in [4.69, 9.17) is 5.73 Å². The lowest BCUT2D eigenvalue weighted by molar-refractivity contribution is 0.264. The van der Waals surface area contributed by atoms with E-state index in [-0.39, 0.29) is 6.04 Å². The molecule has 2 aliphatic rings. The predicted molar refractivity (Wildman–Crippen MR) is 79.3 cm³/mol. The average molecular weight is 261 g/mol. The molecule has 1 aromatic heterocycles. The molecule has 0 amide bonds. The Balaban J connectivity index is 1.73. The van der Waals surface area contributed by atoms with Crippen LogP contribution in [0.2, 0.25) is 0 Å². The van der Waals surface area contributed by atoms with Crippen LogP contribution in [-0.2, 0) is 13.0 Å². The SMILES string of the molecule is CCN(CCn1c(C)cc2c1CCCC2N)C1CC1. The summed E-state index contributed by atoms with van der Waals surface area (Å²) in [4.78, 5) is 2.63. The zero-order valence-corrected chi connectivity index (χ0v) is 12.4. The van der Waals surface area contributed by atoms with Gasteiger partial charge in [-0.05, 0) is 57.2 Å². The van der Waals surface area contributed by atoms with E-state index in [0.29, 0.717) is 0 Å². The topological polar surface area (TPSA) is 34.2 Å². The van der Waals surface area contributed by atoms with Gasteiger partial charge in [-0.25, -0.2) is 0 Å². The van der Waals surface area contributed by atoms with Crippen molar-refractivity contribution < 1.29 is 0 Å². The molecule has 3 heteroatoms. The van der Waals surface area contributed by atoms with Crippen molar-refractivity contribution in [2.24, 2.45) is 5.73 Å². The normalized spacial score (nSPS) is 22.8. The molecule has 1 saturated carbocycles. The summed E-state index contributed by atoms with van der Waals surface area (Å²) in [6, 6.07) is 3.47. The van der Waals surface area contributed by atoms with E-state index >= 15 is 0 Å². The molecule has 0 saturated heterocycles. The molecule has 2 N–H and O–H groups in total. The number of fused-ring (bicyclic) bond motifs is 1. The summed E-state index contributed by atoms with van der Waals surface area (Å²) in [6.45, 7) is 8.04. The largest absolute Gasteiger partial charge is 0.347 e. The number of aryl methyl sites for hydroxylation is 1. The fraction of sp³-hybridized carbons (Fsp3) is 0.750. The van der Waals surface area contributed by atoms with Crippen LogP contribution >= 0.6 is 0 Å². The number of rotatable bonds is 5. The van der Waals surface area contributed by atoms with E-state index in [1.54, 1.807) is 0 Å². The minimum Gasteiger partial charge on any atom is -0.347 e. The lowest BCUT2D eigenvalue weighted by Gasteiger charge is -2.24. The van der Waals surface area contributed by atoms with E-state index in [0.717, 1.165) is 19.0 Å². The molecule has 1 atom stereocenters. The van der Waals surface area contributed by atoms with Gasteiger partial charge in [-0.2, -0.15) is 0 Å². The molecule has 0 bridgehead atoms. The minimum absolute atomic E-state index is 0.273. The molecule has 1 heterocycles. The number of nitrogens with zero attached hydrogens (tertiary/aromatic N) is 2. The Morgan fingerprint density at radius 3 is 2.84 bits per heavy atom. The number of aromatic nitrogens is 1. The first-order chi connectivity index (χ1) is 9.20. The monoisotopic (exact) mass is 261 g/mol. The van der Waals surface area contributed by atoms with Crippen molar-refractivity contribution in [3.63, 3.8) is 0 Å². The second-order valence-corrected chi connectivity index (χ2v) is 6.20. The molecule has 1 unspecified atom stereocenters. The number of likely N-dealkylation sites (N-methyl/N-ethyl adjacent to an activating group) is 1. The van der Waals surface area contributed by atoms with Gasteiger partial charge in [0.05, 0.1) is 0 Å². The Kier molecular flexibility index (Phi) is 3.68. The van der Waals surface area contributed by atoms with Crippen molar-refractivity contribution in [1.29, 1.82) is 0 Å². The summed E-state index contributed by atoms with van der Waals surface area (Å²) in [5.74, 6) is 0. The van der Waals surface area contributed by atoms with Crippen LogP contribution in [0.25, 0.3) is 0 Å². The fourth-order valence-corrected chi connectivity index (χ4v) is 3.58. The van der Waals surface area contributed by atoms with Crippen LogP contribution in [0.1, 0.15) is 55.6 Å². The number of hydrogen-bond acceptors (Lipinski definition) is 2. The molecule has 3 rings (SSSR count). The van der Waals surface area contributed by atoms with Crippen molar-refractivity contribution in [2.45, 2.75) is 64.6 Å². The first kappa shape index (κ1) is 13.2. The van der Waals surface area contributed by atoms with Crippen molar-refractivity contribution in [3.05, 3.63) is 23.0 Å². The zero-order chi connectivity index (χ0) is 13.4. The molecule has 1 fully saturated rings. The summed E-state index contributed by atoms with van der Waals surface area (Å²) < 4.78 is 2.53. The van der Waals surface area contributed by atoms with E-state index in [2.05, 4.69) is 29.4 Å². The standard InChI is InChI=1S/C16H27N3/c1-3-18(13-7-8-13)9-10-19-12(2)11-14-15(17)5-4-6-16(14)19/h11,13,15H,3-10,17H2,1-2H3. The van der Waals surface area contributed by atoms with Gasteiger partial charge >= 0.3 is 0 Å². The molecule has 106 valence electrons. The highest BCUT2D eigenvalue weighted by Crippen LogP contribution is 2.31. The van der Waals surface area contributed by atoms with Crippen molar-refractivity contribution >= 4 is 0 Å². The van der Waals surface area contributed by atoms with Crippen LogP contribution in [0.5, 0.6) is 0 Å². The summed E-state index contributed by atoms with van der Waals surface area (Å²) in [7, 11) is 0. The fourth-order valence-electron chi connectivity index (χ4n) is 3.58. The highest BCUT2D eigenvalue weighted by Gasteiger charge is 2.28. The van der Waals surface area contributed by atoms with Gasteiger partial charge in [0.2, 0.25) is 0 Å². The molecule has 0 aromatic carbocycles. The summed E-state index contributed by atoms with van der Waals surface area (Å²) >= 11 is 0. The molecule has 0 radical (unpaired) electrons. The molecule has 3 nitrogen and oxygen atoms in total. The second-order valence-electron chi connectivity index (χ2n) is 6.20. The minimum atomic E-state index is 0.273. The predicted octanol–water partition coefficient (Wildman–Crippen LogP) is 2.62. The maximum atomic E-state index is 6.25. The highest BCUT2D eigenvalue weighted by atomic mass is 15.2. The number of nitrogens with two attached hydrogens (primary N) is 1. The Hall–Kier alpha value is -0.800. The van der Waals surface area contributed by atoms with Gasteiger partial charge in [0.15, 0.2) is 0 Å². The second kappa shape index (κ2) is 5.29. The maximum absolute atomic E-state index is 6.25. The molecule has 2 aliphatic carbocycles. The van der Waals surface area contributed by atoms with Crippen LogP contribution < -0.4 is 5.73 Å². The van der Waals surface area contributed by atoms with Crippen LogP contribution in [0.3, 0.4) is 0 Å². The van der Waals surface area contributed by atoms with Crippen LogP contribution in [-0.4, -0.2) is 28.6 Å². The highest BCUT2D eigenvalue weighted by molar-refractivity contribution is 5.32. The van der Waals surface area contributed by atoms with Gasteiger partial charge < -0.3 is 10.3 Å². The Labute approximate surface area is 116 Å². The first-order valence-electron chi connectivity index (χ1n) is 7.89. The summed E-state index contributed by atoms with van der Waals surface area (Å²) in [5, 5.41) is 0. The Morgan fingerprint density at radius 1 is 1.37 bits per heavy atom. The molecule has 1 aromatic rings. The van der Waals surface area contributed by atoms with Gasteiger partial charge in [0, 0.05) is 36.6 Å². The van der Waals surface area contributed by atoms with Crippen LogP contribution in [0, 0.1) is 6.92 Å². The summed E-state index contributed by atoms with van der Waals surface area (Å²) in [6.07, 6.45) is 6.42. The van der Waals surface area contributed by atoms with Crippen molar-refractivity contribution in [2.75, 3.05) is 13.1 Å². The van der Waals surface area contributed by atoms with E-state index < -0.39 is 0 Å². The third-order valence-electron chi connectivity index (χ3n) is 4.86. The average Bonchev–Trinajstić information content (AvgIpc) is 3.17. The van der Waals surface area contributed by atoms with Gasteiger partial charge in [-0.15, -0.1) is 0 Å². The lowest BCUT2D eigenvalue weighted by atomic mass is 9.93. The lowest BCUT2D eigenvalue weighted by Crippen LogP contribution is -2.30. The van der Waals surface area contributed by atoms with E-state index in [1.807, 2.05) is 0 Å².